The van der Waals surface area contributed by atoms with E-state index in [0.29, 0.717) is 12.8 Å². The van der Waals surface area contributed by atoms with Gasteiger partial charge in [-0.2, -0.15) is 0 Å². The largest absolute Gasteiger partial charge is 0.394 e. The molecule has 0 aliphatic heterocycles. The fraction of sp³-hybridized carbons (Fsp3) is 0.900. The second-order valence-electron chi connectivity index (χ2n) is 10.4. The third-order valence-corrected chi connectivity index (χ3v) is 6.83. The lowest BCUT2D eigenvalue weighted by Crippen LogP contribution is -2.46. The van der Waals surface area contributed by atoms with E-state index in [0.717, 1.165) is 44.9 Å². The summed E-state index contributed by atoms with van der Waals surface area (Å²) >= 11 is 0. The Morgan fingerprint density at radius 1 is 0.686 bits per heavy atom. The Morgan fingerprint density at radius 3 is 1.74 bits per heavy atom. The lowest BCUT2D eigenvalue weighted by atomic mass is 10.0. The molecule has 0 heterocycles. The second kappa shape index (κ2) is 26.2. The Bertz CT molecular complexity index is 483. The van der Waals surface area contributed by atoms with E-state index in [9.17, 15) is 20.1 Å². The van der Waals surface area contributed by atoms with Crippen LogP contribution in [-0.4, -0.2) is 46.1 Å². The molecule has 1 amide bonds. The third-order valence-electron chi connectivity index (χ3n) is 6.83. The van der Waals surface area contributed by atoms with Gasteiger partial charge in [-0.05, 0) is 32.1 Å². The smallest absolute Gasteiger partial charge is 0.222 e. The van der Waals surface area contributed by atoms with Crippen LogP contribution in [0.2, 0.25) is 0 Å². The minimum atomic E-state index is -0.745. The van der Waals surface area contributed by atoms with Gasteiger partial charge in [0.05, 0.1) is 31.3 Å². The third kappa shape index (κ3) is 23.3. The summed E-state index contributed by atoms with van der Waals surface area (Å²) in [4.78, 5) is 12.2. The number of allylic oxidation sites excluding steroid dienone is 2. The molecule has 3 atom stereocenters. The Hall–Kier alpha value is -0.910. The van der Waals surface area contributed by atoms with Gasteiger partial charge in [0, 0.05) is 0 Å². The summed E-state index contributed by atoms with van der Waals surface area (Å²) in [6, 6.07) is -0.655. The average molecular weight is 498 g/mol. The molecule has 0 aromatic carbocycles. The zero-order valence-corrected chi connectivity index (χ0v) is 23.2. The predicted molar refractivity (Wildman–Crippen MR) is 148 cm³/mol. The second-order valence-corrected chi connectivity index (χ2v) is 10.4. The molecule has 0 aliphatic rings. The molecule has 0 radical (unpaired) electrons. The minimum absolute atomic E-state index is 0.0264. The highest BCUT2D eigenvalue weighted by molar-refractivity contribution is 5.76. The van der Waals surface area contributed by atoms with Crippen molar-refractivity contribution in [2.75, 3.05) is 6.61 Å². The molecule has 5 nitrogen and oxygen atoms in total. The molecular weight excluding hydrogens is 438 g/mol. The number of hydrogen-bond donors (Lipinski definition) is 4. The number of aliphatic hydroxyl groups excluding tert-OH is 3. The Kier molecular flexibility index (Phi) is 25.5. The van der Waals surface area contributed by atoms with Gasteiger partial charge in [0.25, 0.3) is 0 Å². The lowest BCUT2D eigenvalue weighted by molar-refractivity contribution is -0.125. The fourth-order valence-corrected chi connectivity index (χ4v) is 4.44. The van der Waals surface area contributed by atoms with Crippen molar-refractivity contribution in [3.8, 4) is 0 Å². The van der Waals surface area contributed by atoms with Gasteiger partial charge in [-0.15, -0.1) is 0 Å². The summed E-state index contributed by atoms with van der Waals surface area (Å²) in [5, 5.41) is 32.9. The van der Waals surface area contributed by atoms with E-state index in [1.54, 1.807) is 0 Å². The van der Waals surface area contributed by atoms with Crippen LogP contribution in [0.5, 0.6) is 0 Å². The number of unbranched alkanes of at least 4 members (excludes halogenated alkanes) is 15. The summed E-state index contributed by atoms with van der Waals surface area (Å²) in [5.74, 6) is -0.298. The van der Waals surface area contributed by atoms with E-state index >= 15 is 0 Å². The Balaban J connectivity index is 3.78. The van der Waals surface area contributed by atoms with Crippen LogP contribution in [0, 0.1) is 0 Å². The first-order chi connectivity index (χ1) is 17.0. The van der Waals surface area contributed by atoms with Crippen molar-refractivity contribution in [3.63, 3.8) is 0 Å². The summed E-state index contributed by atoms with van der Waals surface area (Å²) in [7, 11) is 0. The van der Waals surface area contributed by atoms with E-state index in [4.69, 9.17) is 0 Å². The molecule has 208 valence electrons. The van der Waals surface area contributed by atoms with Gasteiger partial charge in [-0.1, -0.05) is 122 Å². The van der Waals surface area contributed by atoms with Crippen molar-refractivity contribution in [1.82, 2.24) is 5.32 Å². The SMILES string of the molecule is CCCC/C=C\CCCCCC(O)CC(=O)NC(CO)C(O)CCCCCCCCCCCCC. The minimum Gasteiger partial charge on any atom is -0.394 e. The summed E-state index contributed by atoms with van der Waals surface area (Å²) in [6.07, 6.45) is 25.8. The molecule has 0 saturated heterocycles. The fourth-order valence-electron chi connectivity index (χ4n) is 4.44. The molecule has 0 bridgehead atoms. The van der Waals surface area contributed by atoms with Crippen LogP contribution >= 0.6 is 0 Å². The molecule has 0 fully saturated rings. The Labute approximate surface area is 217 Å². The van der Waals surface area contributed by atoms with E-state index in [-0.39, 0.29) is 18.9 Å². The molecule has 4 N–H and O–H groups in total. The van der Waals surface area contributed by atoms with Crippen molar-refractivity contribution in [2.45, 2.75) is 167 Å². The van der Waals surface area contributed by atoms with Crippen LogP contribution in [0.1, 0.15) is 149 Å². The van der Waals surface area contributed by atoms with Gasteiger partial charge in [-0.25, -0.2) is 0 Å². The Morgan fingerprint density at radius 2 is 1.17 bits per heavy atom. The number of aliphatic hydroxyl groups is 3. The quantitative estimate of drug-likeness (QED) is 0.0767. The van der Waals surface area contributed by atoms with Gasteiger partial charge in [-0.3, -0.25) is 4.79 Å². The molecule has 3 unspecified atom stereocenters. The molecule has 0 saturated carbocycles. The number of rotatable bonds is 26. The first-order valence-corrected chi connectivity index (χ1v) is 15.0. The average Bonchev–Trinajstić information content (AvgIpc) is 2.84. The van der Waals surface area contributed by atoms with Crippen LogP contribution in [0.15, 0.2) is 12.2 Å². The van der Waals surface area contributed by atoms with Crippen molar-refractivity contribution in [2.24, 2.45) is 0 Å². The van der Waals surface area contributed by atoms with E-state index < -0.39 is 18.2 Å². The van der Waals surface area contributed by atoms with Crippen LogP contribution in [-0.2, 0) is 4.79 Å². The number of carbonyl (C=O) groups is 1. The van der Waals surface area contributed by atoms with Gasteiger partial charge >= 0.3 is 0 Å². The topological polar surface area (TPSA) is 89.8 Å². The molecule has 0 rings (SSSR count). The maximum Gasteiger partial charge on any atom is 0.222 e. The molecule has 0 aromatic rings. The van der Waals surface area contributed by atoms with Gasteiger partial charge in [0.2, 0.25) is 5.91 Å². The summed E-state index contributed by atoms with van der Waals surface area (Å²) in [5.41, 5.74) is 0. The monoisotopic (exact) mass is 497 g/mol. The summed E-state index contributed by atoms with van der Waals surface area (Å²) < 4.78 is 0. The molecule has 35 heavy (non-hydrogen) atoms. The van der Waals surface area contributed by atoms with E-state index in [1.807, 2.05) is 0 Å². The van der Waals surface area contributed by atoms with E-state index in [2.05, 4.69) is 31.3 Å². The van der Waals surface area contributed by atoms with Crippen molar-refractivity contribution < 1.29 is 20.1 Å². The molecule has 0 aromatic heterocycles. The molecule has 0 spiro atoms. The standard InChI is InChI=1S/C30H59NO4/c1-3-5-7-9-11-13-14-16-18-20-22-24-29(34)28(26-32)31-30(35)25-27(33)23-21-19-17-15-12-10-8-6-4-2/h10,12,27-29,32-34H,3-9,11,13-26H2,1-2H3,(H,31,35)/b12-10-. The molecule has 0 aliphatic carbocycles. The molecule has 5 heteroatoms. The van der Waals surface area contributed by atoms with Gasteiger partial charge in [0.15, 0.2) is 0 Å². The zero-order chi connectivity index (χ0) is 26.0. The number of amides is 1. The van der Waals surface area contributed by atoms with Crippen LogP contribution in [0.25, 0.3) is 0 Å². The van der Waals surface area contributed by atoms with Crippen LogP contribution in [0.4, 0.5) is 0 Å². The maximum atomic E-state index is 12.2. The maximum absolute atomic E-state index is 12.2. The van der Waals surface area contributed by atoms with Crippen LogP contribution in [0.3, 0.4) is 0 Å². The van der Waals surface area contributed by atoms with Gasteiger partial charge in [0.1, 0.15) is 0 Å². The number of nitrogens with one attached hydrogen (secondary N) is 1. The number of hydrogen-bond acceptors (Lipinski definition) is 4. The van der Waals surface area contributed by atoms with Gasteiger partial charge < -0.3 is 20.6 Å². The highest BCUT2D eigenvalue weighted by Crippen LogP contribution is 2.14. The van der Waals surface area contributed by atoms with Crippen LogP contribution < -0.4 is 5.32 Å². The van der Waals surface area contributed by atoms with Crippen molar-refractivity contribution in [1.29, 1.82) is 0 Å². The first kappa shape index (κ1) is 34.1. The van der Waals surface area contributed by atoms with Crippen molar-refractivity contribution in [3.05, 3.63) is 12.2 Å². The normalized spacial score (nSPS) is 14.3. The highest BCUT2D eigenvalue weighted by atomic mass is 16.3. The van der Waals surface area contributed by atoms with Crippen molar-refractivity contribution >= 4 is 5.91 Å². The predicted octanol–water partition coefficient (Wildman–Crippen LogP) is 6.97. The summed E-state index contributed by atoms with van der Waals surface area (Å²) in [6.45, 7) is 4.16. The first-order valence-electron chi connectivity index (χ1n) is 15.0. The number of carbonyl (C=O) groups excluding carboxylic acids is 1. The highest BCUT2D eigenvalue weighted by Gasteiger charge is 2.21. The zero-order valence-electron chi connectivity index (χ0n) is 23.2. The lowest BCUT2D eigenvalue weighted by Gasteiger charge is -2.23. The van der Waals surface area contributed by atoms with E-state index in [1.165, 1.54) is 70.6 Å². The molecular formula is C30H59NO4.